The van der Waals surface area contributed by atoms with E-state index in [4.69, 9.17) is 4.74 Å². The number of nitrogens with one attached hydrogen (secondary N) is 1. The molecule has 0 bridgehead atoms. The number of esters is 1. The van der Waals surface area contributed by atoms with Crippen LogP contribution in [-0.2, 0) is 11.2 Å². The molecule has 0 fully saturated rings. The number of rotatable bonds is 4. The van der Waals surface area contributed by atoms with Gasteiger partial charge in [-0.15, -0.1) is 11.3 Å². The number of hydrogen-bond acceptors (Lipinski definition) is 6. The van der Waals surface area contributed by atoms with Gasteiger partial charge in [-0.3, -0.25) is 0 Å². The Hall–Kier alpha value is -2.47. The van der Waals surface area contributed by atoms with Gasteiger partial charge < -0.3 is 10.1 Å². The van der Waals surface area contributed by atoms with Gasteiger partial charge in [-0.1, -0.05) is 25.1 Å². The molecule has 24 heavy (non-hydrogen) atoms. The summed E-state index contributed by atoms with van der Waals surface area (Å²) in [6, 6.07) is 6.23. The number of nitrogens with zero attached hydrogens (tertiary/aromatic N) is 2. The second-order valence-electron chi connectivity index (χ2n) is 5.54. The number of benzene rings is 1. The normalized spacial score (nSPS) is 10.8. The van der Waals surface area contributed by atoms with E-state index in [-0.39, 0.29) is 5.97 Å². The van der Waals surface area contributed by atoms with Gasteiger partial charge in [0.2, 0.25) is 0 Å². The van der Waals surface area contributed by atoms with Crippen LogP contribution in [0.15, 0.2) is 24.5 Å². The standard InChI is InChI=1S/C18H19N3O2S/c1-5-12-8-6-7-10(2)14(12)21-16-13-11(3)15(18(22)23-4)24-17(13)20-9-19-16/h6-9H,5H2,1-4H3,(H,19,20,21). The Bertz CT molecular complexity index is 918. The third-order valence-electron chi connectivity index (χ3n) is 4.08. The first-order valence-electron chi connectivity index (χ1n) is 7.74. The minimum absolute atomic E-state index is 0.341. The lowest BCUT2D eigenvalue weighted by Crippen LogP contribution is -2.02. The number of anilines is 2. The fraction of sp³-hybridized carbons (Fsp3) is 0.278. The molecule has 0 saturated heterocycles. The summed E-state index contributed by atoms with van der Waals surface area (Å²) in [6.45, 7) is 6.10. The Morgan fingerprint density at radius 1 is 1.29 bits per heavy atom. The van der Waals surface area contributed by atoms with Crippen LogP contribution in [0, 0.1) is 13.8 Å². The Morgan fingerprint density at radius 3 is 2.79 bits per heavy atom. The number of para-hydroxylation sites is 1. The minimum atomic E-state index is -0.341. The number of aryl methyl sites for hydroxylation is 3. The largest absolute Gasteiger partial charge is 0.465 e. The van der Waals surface area contributed by atoms with Crippen LogP contribution in [0.2, 0.25) is 0 Å². The fourth-order valence-electron chi connectivity index (χ4n) is 2.77. The van der Waals surface area contributed by atoms with E-state index in [1.54, 1.807) is 0 Å². The number of thiophene rings is 1. The summed E-state index contributed by atoms with van der Waals surface area (Å²) in [5.74, 6) is 0.375. The third-order valence-corrected chi connectivity index (χ3v) is 5.26. The van der Waals surface area contributed by atoms with E-state index in [1.807, 2.05) is 6.92 Å². The molecule has 2 heterocycles. The number of aromatic nitrogens is 2. The summed E-state index contributed by atoms with van der Waals surface area (Å²) in [4.78, 5) is 22.0. The van der Waals surface area contributed by atoms with Crippen LogP contribution in [0.5, 0.6) is 0 Å². The lowest BCUT2D eigenvalue weighted by Gasteiger charge is -2.14. The molecule has 3 rings (SSSR count). The van der Waals surface area contributed by atoms with E-state index in [2.05, 4.69) is 47.3 Å². The van der Waals surface area contributed by atoms with Crippen molar-refractivity contribution in [3.8, 4) is 0 Å². The summed E-state index contributed by atoms with van der Waals surface area (Å²) in [6.07, 6.45) is 2.44. The lowest BCUT2D eigenvalue weighted by atomic mass is 10.1. The van der Waals surface area contributed by atoms with Crippen molar-refractivity contribution < 1.29 is 9.53 Å². The van der Waals surface area contributed by atoms with Crippen molar-refractivity contribution in [2.75, 3.05) is 12.4 Å². The van der Waals surface area contributed by atoms with Crippen LogP contribution in [0.1, 0.15) is 33.3 Å². The summed E-state index contributed by atoms with van der Waals surface area (Å²) in [5, 5.41) is 4.32. The Balaban J connectivity index is 2.15. The first kappa shape index (κ1) is 16.4. The van der Waals surface area contributed by atoms with Gasteiger partial charge in [0.1, 0.15) is 21.9 Å². The Kier molecular flexibility index (Phi) is 4.49. The van der Waals surface area contributed by atoms with Crippen LogP contribution < -0.4 is 5.32 Å². The maximum absolute atomic E-state index is 11.9. The lowest BCUT2D eigenvalue weighted by molar-refractivity contribution is 0.0605. The van der Waals surface area contributed by atoms with Gasteiger partial charge in [-0.05, 0) is 37.0 Å². The fourth-order valence-corrected chi connectivity index (χ4v) is 3.84. The van der Waals surface area contributed by atoms with Gasteiger partial charge in [0.05, 0.1) is 12.5 Å². The molecule has 0 unspecified atom stereocenters. The molecule has 0 radical (unpaired) electrons. The van der Waals surface area contributed by atoms with Crippen LogP contribution in [-0.4, -0.2) is 23.0 Å². The van der Waals surface area contributed by atoms with Crippen molar-refractivity contribution in [1.29, 1.82) is 0 Å². The zero-order chi connectivity index (χ0) is 17.3. The Labute approximate surface area is 144 Å². The van der Waals surface area contributed by atoms with E-state index in [0.29, 0.717) is 10.7 Å². The molecular formula is C18H19N3O2S. The molecule has 0 atom stereocenters. The highest BCUT2D eigenvalue weighted by Crippen LogP contribution is 2.35. The summed E-state index contributed by atoms with van der Waals surface area (Å²) < 4.78 is 4.86. The highest BCUT2D eigenvalue weighted by atomic mass is 32.1. The molecule has 0 spiro atoms. The number of fused-ring (bicyclic) bond motifs is 1. The van der Waals surface area contributed by atoms with Crippen molar-refractivity contribution in [2.24, 2.45) is 0 Å². The zero-order valence-corrected chi connectivity index (χ0v) is 15.0. The number of carbonyl (C=O) groups excluding carboxylic acids is 1. The van der Waals surface area contributed by atoms with Gasteiger partial charge in [-0.25, -0.2) is 14.8 Å². The SMILES string of the molecule is CCc1cccc(C)c1Nc1ncnc2sc(C(=O)OC)c(C)c12. The van der Waals surface area contributed by atoms with Gasteiger partial charge in [-0.2, -0.15) is 0 Å². The molecule has 6 heteroatoms. The Morgan fingerprint density at radius 2 is 2.08 bits per heavy atom. The van der Waals surface area contributed by atoms with Gasteiger partial charge in [0.25, 0.3) is 0 Å². The van der Waals surface area contributed by atoms with Crippen LogP contribution >= 0.6 is 11.3 Å². The van der Waals surface area contributed by atoms with Crippen molar-refractivity contribution in [3.63, 3.8) is 0 Å². The quantitative estimate of drug-likeness (QED) is 0.713. The summed E-state index contributed by atoms with van der Waals surface area (Å²) in [7, 11) is 1.39. The molecule has 1 N–H and O–H groups in total. The molecule has 3 aromatic rings. The van der Waals surface area contributed by atoms with Crippen molar-refractivity contribution in [2.45, 2.75) is 27.2 Å². The molecule has 0 aliphatic heterocycles. The maximum Gasteiger partial charge on any atom is 0.348 e. The van der Waals surface area contributed by atoms with E-state index in [0.717, 1.165) is 33.5 Å². The number of methoxy groups -OCH3 is 1. The smallest absolute Gasteiger partial charge is 0.348 e. The molecule has 5 nitrogen and oxygen atoms in total. The average Bonchev–Trinajstić information content (AvgIpc) is 2.94. The highest BCUT2D eigenvalue weighted by molar-refractivity contribution is 7.20. The van der Waals surface area contributed by atoms with Gasteiger partial charge >= 0.3 is 5.97 Å². The van der Waals surface area contributed by atoms with Gasteiger partial charge in [0.15, 0.2) is 0 Å². The molecule has 1 aromatic carbocycles. The second kappa shape index (κ2) is 6.57. The number of ether oxygens (including phenoxy) is 1. The van der Waals surface area contributed by atoms with Crippen LogP contribution in [0.4, 0.5) is 11.5 Å². The molecule has 0 saturated carbocycles. The molecule has 0 amide bonds. The number of hydrogen-bond donors (Lipinski definition) is 1. The van der Waals surface area contributed by atoms with Crippen molar-refractivity contribution >= 4 is 39.0 Å². The van der Waals surface area contributed by atoms with E-state index in [9.17, 15) is 4.79 Å². The van der Waals surface area contributed by atoms with Crippen LogP contribution in [0.25, 0.3) is 10.2 Å². The number of carbonyl (C=O) groups is 1. The topological polar surface area (TPSA) is 64.1 Å². The van der Waals surface area contributed by atoms with Crippen molar-refractivity contribution in [1.82, 2.24) is 9.97 Å². The third kappa shape index (κ3) is 2.73. The first-order chi connectivity index (χ1) is 11.6. The zero-order valence-electron chi connectivity index (χ0n) is 14.1. The predicted octanol–water partition coefficient (Wildman–Crippen LogP) is 4.40. The van der Waals surface area contributed by atoms with Gasteiger partial charge in [0, 0.05) is 5.69 Å². The van der Waals surface area contributed by atoms with E-state index < -0.39 is 0 Å². The van der Waals surface area contributed by atoms with E-state index in [1.165, 1.54) is 30.3 Å². The first-order valence-corrected chi connectivity index (χ1v) is 8.56. The monoisotopic (exact) mass is 341 g/mol. The average molecular weight is 341 g/mol. The van der Waals surface area contributed by atoms with Crippen LogP contribution in [0.3, 0.4) is 0 Å². The van der Waals surface area contributed by atoms with Crippen molar-refractivity contribution in [3.05, 3.63) is 46.1 Å². The highest BCUT2D eigenvalue weighted by Gasteiger charge is 2.20. The second-order valence-corrected chi connectivity index (χ2v) is 6.54. The predicted molar refractivity (Wildman–Crippen MR) is 97.3 cm³/mol. The summed E-state index contributed by atoms with van der Waals surface area (Å²) >= 11 is 1.33. The summed E-state index contributed by atoms with van der Waals surface area (Å²) in [5.41, 5.74) is 4.28. The molecule has 2 aromatic heterocycles. The minimum Gasteiger partial charge on any atom is -0.465 e. The van der Waals surface area contributed by atoms with E-state index >= 15 is 0 Å². The molecule has 124 valence electrons. The maximum atomic E-state index is 11.9. The molecular weight excluding hydrogens is 322 g/mol. The molecule has 0 aliphatic rings. The molecule has 0 aliphatic carbocycles.